The first-order chi connectivity index (χ1) is 6.79. The fourth-order valence-corrected chi connectivity index (χ4v) is 2.36. The Morgan fingerprint density at radius 1 is 1.50 bits per heavy atom. The number of ketones is 1. The van der Waals surface area contributed by atoms with E-state index in [0.29, 0.717) is 18.4 Å². The third-order valence-corrected chi connectivity index (χ3v) is 3.20. The average Bonchev–Trinajstić information content (AvgIpc) is 2.37. The van der Waals surface area contributed by atoms with E-state index >= 15 is 0 Å². The van der Waals surface area contributed by atoms with Gasteiger partial charge in [0.1, 0.15) is 0 Å². The van der Waals surface area contributed by atoms with E-state index in [-0.39, 0.29) is 5.78 Å². The van der Waals surface area contributed by atoms with Crippen LogP contribution in [0.25, 0.3) is 0 Å². The van der Waals surface area contributed by atoms with E-state index in [9.17, 15) is 4.79 Å². The molecule has 2 heteroatoms. The number of allylic oxidation sites excluding steroid dienone is 4. The molecule has 1 fully saturated rings. The Labute approximate surface area is 84.6 Å². The SMILES string of the molecule is COC1CCC2=CC=CC(=O)CC2C1. The Balaban J connectivity index is 2.10. The van der Waals surface area contributed by atoms with Crippen LogP contribution in [0.15, 0.2) is 23.8 Å². The second-order valence-electron chi connectivity index (χ2n) is 4.10. The quantitative estimate of drug-likeness (QED) is 0.637. The van der Waals surface area contributed by atoms with Gasteiger partial charge in [-0.1, -0.05) is 17.7 Å². The van der Waals surface area contributed by atoms with Crippen LogP contribution in [-0.4, -0.2) is 19.0 Å². The van der Waals surface area contributed by atoms with Gasteiger partial charge in [-0.3, -0.25) is 4.79 Å². The van der Waals surface area contributed by atoms with Crippen molar-refractivity contribution in [3.63, 3.8) is 0 Å². The van der Waals surface area contributed by atoms with Gasteiger partial charge in [0.2, 0.25) is 0 Å². The van der Waals surface area contributed by atoms with Crippen LogP contribution >= 0.6 is 0 Å². The lowest BCUT2D eigenvalue weighted by molar-refractivity contribution is -0.115. The van der Waals surface area contributed by atoms with Gasteiger partial charge in [0.25, 0.3) is 0 Å². The number of hydrogen-bond donors (Lipinski definition) is 0. The maximum Gasteiger partial charge on any atom is 0.156 e. The summed E-state index contributed by atoms with van der Waals surface area (Å²) in [5.74, 6) is 0.675. The van der Waals surface area contributed by atoms with E-state index < -0.39 is 0 Å². The van der Waals surface area contributed by atoms with Crippen molar-refractivity contribution >= 4 is 5.78 Å². The van der Waals surface area contributed by atoms with E-state index in [2.05, 4.69) is 6.08 Å². The molecule has 2 rings (SSSR count). The number of fused-ring (bicyclic) bond motifs is 1. The zero-order valence-corrected chi connectivity index (χ0v) is 8.53. The van der Waals surface area contributed by atoms with Gasteiger partial charge < -0.3 is 4.74 Å². The molecule has 0 aromatic carbocycles. The van der Waals surface area contributed by atoms with Crippen molar-refractivity contribution < 1.29 is 9.53 Å². The van der Waals surface area contributed by atoms with Crippen molar-refractivity contribution in [1.29, 1.82) is 0 Å². The predicted octanol–water partition coefficient (Wildman–Crippen LogP) is 2.26. The molecule has 2 aliphatic carbocycles. The van der Waals surface area contributed by atoms with Crippen molar-refractivity contribution in [2.24, 2.45) is 5.92 Å². The third kappa shape index (κ3) is 1.95. The topological polar surface area (TPSA) is 26.3 Å². The molecule has 1 saturated carbocycles. The van der Waals surface area contributed by atoms with Crippen molar-refractivity contribution in [2.45, 2.75) is 31.8 Å². The van der Waals surface area contributed by atoms with E-state index in [1.54, 1.807) is 13.2 Å². The van der Waals surface area contributed by atoms with Crippen LogP contribution in [0.4, 0.5) is 0 Å². The van der Waals surface area contributed by atoms with Gasteiger partial charge in [0, 0.05) is 13.5 Å². The number of rotatable bonds is 1. The highest BCUT2D eigenvalue weighted by Crippen LogP contribution is 2.34. The summed E-state index contributed by atoms with van der Waals surface area (Å²) >= 11 is 0. The standard InChI is InChI=1S/C12H16O2/c1-14-12-6-5-9-3-2-4-11(13)7-10(9)8-12/h2-4,10,12H,5-8H2,1H3. The number of carbonyl (C=O) groups is 1. The summed E-state index contributed by atoms with van der Waals surface area (Å²) in [6, 6.07) is 0. The Kier molecular flexibility index (Phi) is 2.82. The molecule has 0 aromatic heterocycles. The molecule has 0 saturated heterocycles. The van der Waals surface area contributed by atoms with Gasteiger partial charge in [-0.25, -0.2) is 0 Å². The predicted molar refractivity (Wildman–Crippen MR) is 55.0 cm³/mol. The van der Waals surface area contributed by atoms with Crippen molar-refractivity contribution in [1.82, 2.24) is 0 Å². The number of hydrogen-bond acceptors (Lipinski definition) is 2. The fourth-order valence-electron chi connectivity index (χ4n) is 2.36. The van der Waals surface area contributed by atoms with Crippen LogP contribution in [0.3, 0.4) is 0 Å². The largest absolute Gasteiger partial charge is 0.381 e. The van der Waals surface area contributed by atoms with Crippen LogP contribution in [0.1, 0.15) is 25.7 Å². The highest BCUT2D eigenvalue weighted by Gasteiger charge is 2.27. The van der Waals surface area contributed by atoms with Crippen molar-refractivity contribution in [2.75, 3.05) is 7.11 Å². The molecule has 2 aliphatic rings. The minimum Gasteiger partial charge on any atom is -0.381 e. The Morgan fingerprint density at radius 2 is 2.36 bits per heavy atom. The van der Waals surface area contributed by atoms with Gasteiger partial charge >= 0.3 is 0 Å². The molecule has 0 spiro atoms. The van der Waals surface area contributed by atoms with E-state index in [1.165, 1.54) is 5.57 Å². The highest BCUT2D eigenvalue weighted by molar-refractivity contribution is 5.90. The lowest BCUT2D eigenvalue weighted by atomic mass is 9.80. The van der Waals surface area contributed by atoms with E-state index in [4.69, 9.17) is 4.74 Å². The van der Waals surface area contributed by atoms with Crippen LogP contribution in [0.2, 0.25) is 0 Å². The van der Waals surface area contributed by atoms with Gasteiger partial charge in [0.15, 0.2) is 5.78 Å². The number of ether oxygens (including phenoxy) is 1. The second-order valence-corrected chi connectivity index (χ2v) is 4.10. The van der Waals surface area contributed by atoms with E-state index in [0.717, 1.165) is 19.3 Å². The van der Waals surface area contributed by atoms with Crippen LogP contribution in [0.5, 0.6) is 0 Å². The van der Waals surface area contributed by atoms with Crippen LogP contribution in [0, 0.1) is 5.92 Å². The molecule has 0 aromatic rings. The average molecular weight is 192 g/mol. The number of carbonyl (C=O) groups excluding carboxylic acids is 1. The lowest BCUT2D eigenvalue weighted by Crippen LogP contribution is -2.24. The Morgan fingerprint density at radius 3 is 3.14 bits per heavy atom. The minimum absolute atomic E-state index is 0.248. The summed E-state index contributed by atoms with van der Waals surface area (Å²) in [5, 5.41) is 0. The first-order valence-corrected chi connectivity index (χ1v) is 5.22. The zero-order chi connectivity index (χ0) is 9.97. The molecular formula is C12H16O2. The first kappa shape index (κ1) is 9.66. The van der Waals surface area contributed by atoms with Crippen LogP contribution in [-0.2, 0) is 9.53 Å². The molecule has 0 N–H and O–H groups in total. The summed E-state index contributed by atoms with van der Waals surface area (Å²) in [5.41, 5.74) is 1.43. The maximum atomic E-state index is 11.4. The molecule has 0 amide bonds. The lowest BCUT2D eigenvalue weighted by Gasteiger charge is -2.29. The summed E-state index contributed by atoms with van der Waals surface area (Å²) in [6.07, 6.45) is 9.90. The molecular weight excluding hydrogens is 176 g/mol. The van der Waals surface area contributed by atoms with Crippen molar-refractivity contribution in [3.8, 4) is 0 Å². The Bertz CT molecular complexity index is 289. The smallest absolute Gasteiger partial charge is 0.156 e. The van der Waals surface area contributed by atoms with Gasteiger partial charge in [-0.2, -0.15) is 0 Å². The molecule has 0 radical (unpaired) electrons. The first-order valence-electron chi connectivity index (χ1n) is 5.22. The number of methoxy groups -OCH3 is 1. The summed E-state index contributed by atoms with van der Waals surface area (Å²) in [4.78, 5) is 11.4. The van der Waals surface area contributed by atoms with Gasteiger partial charge in [-0.05, 0) is 31.3 Å². The molecule has 14 heavy (non-hydrogen) atoms. The van der Waals surface area contributed by atoms with Gasteiger partial charge in [-0.15, -0.1) is 0 Å². The molecule has 0 bridgehead atoms. The molecule has 0 aliphatic heterocycles. The Hall–Kier alpha value is -0.890. The zero-order valence-electron chi connectivity index (χ0n) is 8.53. The molecule has 2 unspecified atom stereocenters. The second kappa shape index (κ2) is 4.09. The molecule has 2 nitrogen and oxygen atoms in total. The minimum atomic E-state index is 0.248. The molecule has 76 valence electrons. The van der Waals surface area contributed by atoms with Crippen LogP contribution < -0.4 is 0 Å². The highest BCUT2D eigenvalue weighted by atomic mass is 16.5. The molecule has 0 heterocycles. The third-order valence-electron chi connectivity index (χ3n) is 3.20. The maximum absolute atomic E-state index is 11.4. The monoisotopic (exact) mass is 192 g/mol. The summed E-state index contributed by atoms with van der Waals surface area (Å²) in [7, 11) is 1.76. The fraction of sp³-hybridized carbons (Fsp3) is 0.583. The summed E-state index contributed by atoms with van der Waals surface area (Å²) in [6.45, 7) is 0. The summed E-state index contributed by atoms with van der Waals surface area (Å²) < 4.78 is 5.36. The van der Waals surface area contributed by atoms with Gasteiger partial charge in [0.05, 0.1) is 6.10 Å². The van der Waals surface area contributed by atoms with Crippen molar-refractivity contribution in [3.05, 3.63) is 23.8 Å². The molecule has 2 atom stereocenters. The normalized spacial score (nSPS) is 32.1. The van der Waals surface area contributed by atoms with E-state index in [1.807, 2.05) is 6.08 Å².